The summed E-state index contributed by atoms with van der Waals surface area (Å²) in [6, 6.07) is 23.5. The lowest BCUT2D eigenvalue weighted by molar-refractivity contribution is -0.929. The van der Waals surface area contributed by atoms with E-state index in [1.807, 2.05) is 24.3 Å². The number of aryl methyl sites for hydroxylation is 1. The third kappa shape index (κ3) is 6.84. The third-order valence-electron chi connectivity index (χ3n) is 7.63. The Labute approximate surface area is 243 Å². The monoisotopic (exact) mass is 624 g/mol. The smallest absolute Gasteiger partial charge is 0.251 e. The molecule has 0 saturated carbocycles. The van der Waals surface area contributed by atoms with Gasteiger partial charge in [-0.2, -0.15) is 0 Å². The minimum Gasteiger partial charge on any atom is -1.00 e. The quantitative estimate of drug-likeness (QED) is 0.339. The Morgan fingerprint density at radius 1 is 0.921 bits per heavy atom. The van der Waals surface area contributed by atoms with Crippen LogP contribution in [0.5, 0.6) is 5.75 Å². The maximum atomic E-state index is 13.2. The third-order valence-corrected chi connectivity index (χ3v) is 7.63. The van der Waals surface area contributed by atoms with Crippen molar-refractivity contribution in [1.82, 2.24) is 0 Å². The van der Waals surface area contributed by atoms with Crippen LogP contribution in [0.25, 0.3) is 17.2 Å². The maximum Gasteiger partial charge on any atom is 0.251 e. The van der Waals surface area contributed by atoms with E-state index in [0.717, 1.165) is 70.8 Å². The summed E-state index contributed by atoms with van der Waals surface area (Å²) in [7, 11) is 4.60. The Morgan fingerprint density at radius 2 is 1.61 bits per heavy atom. The normalized spacial score (nSPS) is 15.8. The Hall–Kier alpha value is -2.68. The highest BCUT2D eigenvalue weighted by molar-refractivity contribution is 6.07. The number of benzene rings is 3. The number of halogens is 1. The maximum absolute atomic E-state index is 13.2. The average molecular weight is 625 g/mol. The minimum atomic E-state index is -0.0803. The van der Waals surface area contributed by atoms with E-state index in [1.165, 1.54) is 11.1 Å². The average Bonchev–Trinajstić information content (AvgIpc) is 3.13. The van der Waals surface area contributed by atoms with Crippen molar-refractivity contribution in [1.29, 1.82) is 0 Å². The molecule has 1 fully saturated rings. The van der Waals surface area contributed by atoms with Crippen LogP contribution in [0, 0.1) is 6.92 Å². The van der Waals surface area contributed by atoms with Crippen molar-refractivity contribution < 1.29 is 42.7 Å². The van der Waals surface area contributed by atoms with Crippen LogP contribution in [0.4, 0.5) is 5.69 Å². The van der Waals surface area contributed by atoms with Gasteiger partial charge in [-0.1, -0.05) is 48.0 Å². The van der Waals surface area contributed by atoms with Gasteiger partial charge in [-0.05, 0) is 48.4 Å². The van der Waals surface area contributed by atoms with Gasteiger partial charge in [-0.25, -0.2) is 0 Å². The van der Waals surface area contributed by atoms with Gasteiger partial charge in [-0.3, -0.25) is 4.79 Å². The predicted octanol–water partition coefficient (Wildman–Crippen LogP) is 3.23. The molecule has 0 unspecified atom stereocenters. The van der Waals surface area contributed by atoms with Crippen molar-refractivity contribution in [3.8, 4) is 16.9 Å². The highest BCUT2D eigenvalue weighted by Gasteiger charge is 2.30. The van der Waals surface area contributed by atoms with E-state index in [1.54, 1.807) is 0 Å². The van der Waals surface area contributed by atoms with Crippen molar-refractivity contribution in [2.45, 2.75) is 38.8 Å². The van der Waals surface area contributed by atoms with Crippen LogP contribution in [0.15, 0.2) is 72.3 Å². The standard InChI is InChI=1S/C32H36N2O3.HI/c1-23-4-8-25(9-5-23)26-10-13-31-28(20-26)21-27(14-19-37-31)32(35)33-29-11-6-24(7-12-29)22-34(2,3)30-15-17-36-18-16-30;/h4-13,20-21,30H,14-19,22H2,1-3H3;1H. The van der Waals surface area contributed by atoms with Gasteiger partial charge in [0.25, 0.3) is 5.91 Å². The number of amides is 1. The fourth-order valence-corrected chi connectivity index (χ4v) is 5.32. The number of carbonyl (C=O) groups excluding carboxylic acids is 1. The van der Waals surface area contributed by atoms with Crippen LogP contribution in [0.1, 0.15) is 36.0 Å². The van der Waals surface area contributed by atoms with Gasteiger partial charge in [0.15, 0.2) is 0 Å². The van der Waals surface area contributed by atoms with Gasteiger partial charge < -0.3 is 43.3 Å². The summed E-state index contributed by atoms with van der Waals surface area (Å²) in [5.41, 5.74) is 7.23. The number of carbonyl (C=O) groups is 1. The second-order valence-corrected chi connectivity index (χ2v) is 10.8. The second kappa shape index (κ2) is 12.5. The van der Waals surface area contributed by atoms with Crippen LogP contribution in [0.3, 0.4) is 0 Å². The summed E-state index contributed by atoms with van der Waals surface area (Å²) in [5, 5.41) is 3.09. The fourth-order valence-electron chi connectivity index (χ4n) is 5.32. The highest BCUT2D eigenvalue weighted by atomic mass is 127. The number of rotatable bonds is 6. The summed E-state index contributed by atoms with van der Waals surface area (Å²) in [6.07, 6.45) is 4.75. The van der Waals surface area contributed by atoms with Crippen molar-refractivity contribution in [2.75, 3.05) is 39.2 Å². The lowest BCUT2D eigenvalue weighted by Gasteiger charge is -2.40. The first kappa shape index (κ1) is 28.3. The zero-order valence-electron chi connectivity index (χ0n) is 22.5. The number of fused-ring (bicyclic) bond motifs is 1. The first-order chi connectivity index (χ1) is 17.9. The van der Waals surface area contributed by atoms with E-state index in [4.69, 9.17) is 9.47 Å². The molecule has 1 amide bonds. The Kier molecular flexibility index (Phi) is 9.28. The number of hydrogen-bond acceptors (Lipinski definition) is 3. The molecule has 0 aliphatic carbocycles. The van der Waals surface area contributed by atoms with Crippen LogP contribution in [-0.2, 0) is 16.1 Å². The molecule has 0 aromatic heterocycles. The molecule has 0 radical (unpaired) electrons. The van der Waals surface area contributed by atoms with Crippen LogP contribution >= 0.6 is 0 Å². The summed E-state index contributed by atoms with van der Waals surface area (Å²) in [4.78, 5) is 13.2. The summed E-state index contributed by atoms with van der Waals surface area (Å²) in [6.45, 7) is 5.24. The van der Waals surface area contributed by atoms with E-state index >= 15 is 0 Å². The minimum absolute atomic E-state index is 0. The molecular formula is C32H37IN2O3. The molecule has 5 nitrogen and oxygen atoms in total. The molecule has 38 heavy (non-hydrogen) atoms. The Bertz CT molecular complexity index is 1280. The van der Waals surface area contributed by atoms with E-state index in [0.29, 0.717) is 19.1 Å². The SMILES string of the molecule is Cc1ccc(-c2ccc3c(c2)C=C(C(=O)Nc2ccc(C[N+](C)(C)C4CCOCC4)cc2)CCO3)cc1.[I-]. The lowest BCUT2D eigenvalue weighted by Crippen LogP contribution is -3.00. The first-order valence-electron chi connectivity index (χ1n) is 13.2. The van der Waals surface area contributed by atoms with Gasteiger partial charge in [0.1, 0.15) is 12.3 Å². The van der Waals surface area contributed by atoms with Crippen molar-refractivity contribution >= 4 is 17.7 Å². The largest absolute Gasteiger partial charge is 1.00 e. The zero-order chi connectivity index (χ0) is 25.8. The molecule has 0 bridgehead atoms. The molecule has 1 N–H and O–H groups in total. The van der Waals surface area contributed by atoms with Gasteiger partial charge >= 0.3 is 0 Å². The van der Waals surface area contributed by atoms with Gasteiger partial charge in [-0.15, -0.1) is 0 Å². The Morgan fingerprint density at radius 3 is 2.32 bits per heavy atom. The number of anilines is 1. The zero-order valence-corrected chi connectivity index (χ0v) is 24.7. The number of nitrogens with one attached hydrogen (secondary N) is 1. The van der Waals surface area contributed by atoms with Crippen LogP contribution in [-0.4, -0.2) is 50.3 Å². The van der Waals surface area contributed by atoms with Gasteiger partial charge in [0.05, 0.1) is 40.0 Å². The molecule has 2 aliphatic rings. The molecule has 6 heteroatoms. The number of quaternary nitrogens is 1. The number of ether oxygens (including phenoxy) is 2. The van der Waals surface area contributed by atoms with Crippen LogP contribution < -0.4 is 34.0 Å². The summed E-state index contributed by atoms with van der Waals surface area (Å²) in [5.74, 6) is 0.733. The Balaban J connectivity index is 0.00000336. The molecule has 2 aliphatic heterocycles. The van der Waals surface area contributed by atoms with Crippen molar-refractivity contribution in [2.24, 2.45) is 0 Å². The topological polar surface area (TPSA) is 47.6 Å². The molecule has 1 saturated heterocycles. The van der Waals surface area contributed by atoms with Crippen molar-refractivity contribution in [3.05, 3.63) is 89.0 Å². The number of hydrogen-bond donors (Lipinski definition) is 1. The van der Waals surface area contributed by atoms with Crippen LogP contribution in [0.2, 0.25) is 0 Å². The molecule has 0 atom stereocenters. The van der Waals surface area contributed by atoms with Gasteiger partial charge in [0, 0.05) is 41.6 Å². The molecule has 5 rings (SSSR count). The predicted molar refractivity (Wildman–Crippen MR) is 149 cm³/mol. The molecule has 2 heterocycles. The van der Waals surface area contributed by atoms with E-state index in [2.05, 4.69) is 74.9 Å². The molecule has 3 aromatic rings. The first-order valence-corrected chi connectivity index (χ1v) is 13.2. The number of nitrogens with zero attached hydrogens (tertiary/aromatic N) is 1. The summed E-state index contributed by atoms with van der Waals surface area (Å²) < 4.78 is 12.5. The molecule has 3 aromatic carbocycles. The van der Waals surface area contributed by atoms with Gasteiger partial charge in [0.2, 0.25) is 0 Å². The molecule has 200 valence electrons. The lowest BCUT2D eigenvalue weighted by atomic mass is 10.00. The van der Waals surface area contributed by atoms with E-state index < -0.39 is 0 Å². The molecular weight excluding hydrogens is 587 g/mol. The highest BCUT2D eigenvalue weighted by Crippen LogP contribution is 2.31. The fraction of sp³-hybridized carbons (Fsp3) is 0.344. The molecule has 0 spiro atoms. The van der Waals surface area contributed by atoms with E-state index in [-0.39, 0.29) is 29.9 Å². The van der Waals surface area contributed by atoms with E-state index in [9.17, 15) is 4.79 Å². The van der Waals surface area contributed by atoms with Crippen molar-refractivity contribution in [3.63, 3.8) is 0 Å². The second-order valence-electron chi connectivity index (χ2n) is 10.8. The summed E-state index contributed by atoms with van der Waals surface area (Å²) >= 11 is 0.